The Bertz CT molecular complexity index is 783. The van der Waals surface area contributed by atoms with Crippen LogP contribution in [-0.4, -0.2) is 21.1 Å². The van der Waals surface area contributed by atoms with Gasteiger partial charge in [0.1, 0.15) is 23.2 Å². The molecule has 1 aliphatic rings. The highest BCUT2D eigenvalue weighted by Crippen LogP contribution is 2.35. The molecule has 2 aromatic rings. The van der Waals surface area contributed by atoms with Gasteiger partial charge in [-0.05, 0) is 31.4 Å². The Morgan fingerprint density at radius 2 is 1.92 bits per heavy atom. The maximum atomic E-state index is 10.1. The van der Waals surface area contributed by atoms with Crippen LogP contribution in [0.2, 0.25) is 0 Å². The normalized spacial score (nSPS) is 21.0. The first kappa shape index (κ1) is 16.2. The lowest BCUT2D eigenvalue weighted by Crippen LogP contribution is -2.22. The van der Waals surface area contributed by atoms with E-state index in [9.17, 15) is 10.4 Å². The highest BCUT2D eigenvalue weighted by atomic mass is 16.3. The molecule has 1 fully saturated rings. The van der Waals surface area contributed by atoms with Crippen LogP contribution in [0.3, 0.4) is 0 Å². The topological polar surface area (TPSA) is 122 Å². The molecule has 0 radical (unpaired) electrons. The molecule has 1 aromatic heterocycles. The highest BCUT2D eigenvalue weighted by molar-refractivity contribution is 5.66. The van der Waals surface area contributed by atoms with Crippen molar-refractivity contribution in [2.75, 3.05) is 5.73 Å². The molecule has 5 N–H and O–H groups in total. The molecule has 2 atom stereocenters. The molecule has 1 saturated carbocycles. The van der Waals surface area contributed by atoms with Crippen LogP contribution in [0.5, 0.6) is 5.75 Å². The number of anilines is 1. The van der Waals surface area contributed by atoms with Gasteiger partial charge < -0.3 is 16.6 Å². The summed E-state index contributed by atoms with van der Waals surface area (Å²) in [5.41, 5.74) is 13.7. The van der Waals surface area contributed by atoms with Crippen LogP contribution >= 0.6 is 0 Å². The van der Waals surface area contributed by atoms with Gasteiger partial charge in [0.05, 0.1) is 11.3 Å². The number of nitrogen functional groups attached to an aromatic ring is 1. The molecule has 0 amide bonds. The molecule has 0 saturated heterocycles. The minimum atomic E-state index is 0.0881. The lowest BCUT2D eigenvalue weighted by molar-refractivity contribution is 0.476. The van der Waals surface area contributed by atoms with E-state index >= 15 is 0 Å². The van der Waals surface area contributed by atoms with E-state index in [1.54, 1.807) is 24.3 Å². The van der Waals surface area contributed by atoms with Crippen LogP contribution in [0.25, 0.3) is 11.4 Å². The molecule has 124 valence electrons. The van der Waals surface area contributed by atoms with Crippen molar-refractivity contribution in [3.63, 3.8) is 0 Å². The second kappa shape index (κ2) is 6.85. The number of aromatic hydroxyl groups is 1. The van der Waals surface area contributed by atoms with E-state index in [0.717, 1.165) is 32.1 Å². The summed E-state index contributed by atoms with van der Waals surface area (Å²) in [4.78, 5) is 8.83. The second-order valence-corrected chi connectivity index (χ2v) is 6.30. The quantitative estimate of drug-likeness (QED) is 0.730. The molecule has 3 rings (SSSR count). The van der Waals surface area contributed by atoms with E-state index in [4.69, 9.17) is 11.5 Å². The fourth-order valence-corrected chi connectivity index (χ4v) is 3.34. The third-order valence-corrected chi connectivity index (χ3v) is 4.57. The molecule has 0 aliphatic heterocycles. The zero-order valence-corrected chi connectivity index (χ0v) is 13.4. The molecule has 6 heteroatoms. The second-order valence-electron chi connectivity index (χ2n) is 6.30. The number of nitrogens with zero attached hydrogens (tertiary/aromatic N) is 3. The first-order valence-electron chi connectivity index (χ1n) is 8.21. The third kappa shape index (κ3) is 3.17. The number of para-hydroxylation sites is 1. The fraction of sp³-hybridized carbons (Fsp3) is 0.389. The minimum absolute atomic E-state index is 0.0881. The van der Waals surface area contributed by atoms with Crippen molar-refractivity contribution in [1.29, 1.82) is 5.26 Å². The van der Waals surface area contributed by atoms with Gasteiger partial charge in [-0.25, -0.2) is 9.97 Å². The summed E-state index contributed by atoms with van der Waals surface area (Å²) < 4.78 is 0. The number of rotatable bonds is 2. The summed E-state index contributed by atoms with van der Waals surface area (Å²) in [5.74, 6) is 0.674. The first-order chi connectivity index (χ1) is 11.6. The van der Waals surface area contributed by atoms with Crippen LogP contribution in [0, 0.1) is 11.3 Å². The molecule has 2 unspecified atom stereocenters. The van der Waals surface area contributed by atoms with E-state index < -0.39 is 0 Å². The standard InChI is InChI=1S/C18H21N5O/c19-10-14-16(11-5-1-2-6-12(20)9-11)22-18(23-17(14)21)13-7-3-4-8-15(13)24/h3-4,7-8,11-12,24H,1-2,5-6,9,20H2,(H2,21,22,23). The Morgan fingerprint density at radius 3 is 2.67 bits per heavy atom. The Labute approximate surface area is 141 Å². The van der Waals surface area contributed by atoms with Gasteiger partial charge in [-0.1, -0.05) is 25.0 Å². The van der Waals surface area contributed by atoms with Gasteiger partial charge in [0, 0.05) is 12.0 Å². The number of nitriles is 1. The average molecular weight is 323 g/mol. The maximum Gasteiger partial charge on any atom is 0.165 e. The van der Waals surface area contributed by atoms with Gasteiger partial charge in [-0.3, -0.25) is 0 Å². The zero-order chi connectivity index (χ0) is 17.1. The smallest absolute Gasteiger partial charge is 0.165 e. The van der Waals surface area contributed by atoms with Crippen molar-refractivity contribution in [2.45, 2.75) is 44.1 Å². The van der Waals surface area contributed by atoms with Crippen LogP contribution < -0.4 is 11.5 Å². The number of phenolic OH excluding ortho intramolecular Hbond substituents is 1. The van der Waals surface area contributed by atoms with E-state index in [-0.39, 0.29) is 23.5 Å². The van der Waals surface area contributed by atoms with Crippen molar-refractivity contribution < 1.29 is 5.11 Å². The number of hydrogen-bond donors (Lipinski definition) is 3. The van der Waals surface area contributed by atoms with Gasteiger partial charge in [0.25, 0.3) is 0 Å². The summed E-state index contributed by atoms with van der Waals surface area (Å²) in [7, 11) is 0. The van der Waals surface area contributed by atoms with Crippen LogP contribution in [0.1, 0.15) is 49.3 Å². The van der Waals surface area contributed by atoms with E-state index in [1.807, 2.05) is 0 Å². The molecule has 0 spiro atoms. The van der Waals surface area contributed by atoms with Gasteiger partial charge in [0.15, 0.2) is 5.82 Å². The van der Waals surface area contributed by atoms with Crippen molar-refractivity contribution in [2.24, 2.45) is 5.73 Å². The Balaban J connectivity index is 2.11. The molecule has 24 heavy (non-hydrogen) atoms. The summed E-state index contributed by atoms with van der Waals surface area (Å²) in [6.07, 6.45) is 4.85. The molecule has 1 aliphatic carbocycles. The van der Waals surface area contributed by atoms with Gasteiger partial charge in [-0.15, -0.1) is 0 Å². The molecular weight excluding hydrogens is 302 g/mol. The van der Waals surface area contributed by atoms with E-state index in [1.165, 1.54) is 0 Å². The van der Waals surface area contributed by atoms with Crippen LogP contribution in [0.15, 0.2) is 24.3 Å². The van der Waals surface area contributed by atoms with E-state index in [0.29, 0.717) is 22.6 Å². The SMILES string of the molecule is N#Cc1c(N)nc(-c2ccccc2O)nc1C1CCCCC(N)C1. The summed E-state index contributed by atoms with van der Waals surface area (Å²) in [5, 5.41) is 19.6. The lowest BCUT2D eigenvalue weighted by Gasteiger charge is -2.19. The molecule has 1 heterocycles. The number of aromatic nitrogens is 2. The summed E-state index contributed by atoms with van der Waals surface area (Å²) in [6.45, 7) is 0. The summed E-state index contributed by atoms with van der Waals surface area (Å²) >= 11 is 0. The average Bonchev–Trinajstić information content (AvgIpc) is 2.79. The number of phenols is 1. The van der Waals surface area contributed by atoms with Crippen molar-refractivity contribution in [3.05, 3.63) is 35.5 Å². The Kier molecular flexibility index (Phi) is 4.63. The zero-order valence-electron chi connectivity index (χ0n) is 13.4. The molecule has 1 aromatic carbocycles. The van der Waals surface area contributed by atoms with Gasteiger partial charge in [0.2, 0.25) is 0 Å². The first-order valence-corrected chi connectivity index (χ1v) is 8.21. The maximum absolute atomic E-state index is 10.1. The van der Waals surface area contributed by atoms with Crippen molar-refractivity contribution in [1.82, 2.24) is 9.97 Å². The van der Waals surface area contributed by atoms with Crippen LogP contribution in [-0.2, 0) is 0 Å². The third-order valence-electron chi connectivity index (χ3n) is 4.57. The van der Waals surface area contributed by atoms with Gasteiger partial charge >= 0.3 is 0 Å². The summed E-state index contributed by atoms with van der Waals surface area (Å²) in [6, 6.07) is 9.09. The number of benzene rings is 1. The van der Waals surface area contributed by atoms with Crippen LogP contribution in [0.4, 0.5) is 5.82 Å². The highest BCUT2D eigenvalue weighted by Gasteiger charge is 2.25. The molecule has 6 nitrogen and oxygen atoms in total. The molecular formula is C18H21N5O. The Morgan fingerprint density at radius 1 is 1.17 bits per heavy atom. The largest absolute Gasteiger partial charge is 0.507 e. The number of nitrogens with two attached hydrogens (primary N) is 2. The predicted octanol–water partition coefficient (Wildman–Crippen LogP) is 2.68. The fourth-order valence-electron chi connectivity index (χ4n) is 3.34. The van der Waals surface area contributed by atoms with Crippen molar-refractivity contribution >= 4 is 5.82 Å². The lowest BCUT2D eigenvalue weighted by atomic mass is 9.91. The van der Waals surface area contributed by atoms with Crippen molar-refractivity contribution in [3.8, 4) is 23.2 Å². The Hall–Kier alpha value is -2.65. The predicted molar refractivity (Wildman–Crippen MR) is 92.1 cm³/mol. The van der Waals surface area contributed by atoms with E-state index in [2.05, 4.69) is 16.0 Å². The minimum Gasteiger partial charge on any atom is -0.507 e. The monoisotopic (exact) mass is 323 g/mol. The van der Waals surface area contributed by atoms with Gasteiger partial charge in [-0.2, -0.15) is 5.26 Å². The number of hydrogen-bond acceptors (Lipinski definition) is 6. The molecule has 0 bridgehead atoms.